The molecule has 124 valence electrons. The third-order valence-electron chi connectivity index (χ3n) is 4.07. The summed E-state index contributed by atoms with van der Waals surface area (Å²) >= 11 is 13.9. The summed E-state index contributed by atoms with van der Waals surface area (Å²) in [7, 11) is 0. The zero-order chi connectivity index (χ0) is 16.4. The lowest BCUT2D eigenvalue weighted by Crippen LogP contribution is -2.54. The quantitative estimate of drug-likeness (QED) is 0.860. The Morgan fingerprint density at radius 2 is 1.70 bits per heavy atom. The largest absolute Gasteiger partial charge is 0.338 e. The standard InChI is InChI=1S/C15H17Cl2N3O2S/c16-10-2-1-3-11(17)13(10)15(22)20-6-4-19(5-7-20)14(21)12-8-23-9-18-12/h1-3,12,18H,4-9H2. The van der Waals surface area contributed by atoms with E-state index in [9.17, 15) is 9.59 Å². The minimum absolute atomic E-state index is 0.0970. The Morgan fingerprint density at radius 3 is 2.26 bits per heavy atom. The van der Waals surface area contributed by atoms with Crippen LogP contribution in [0.5, 0.6) is 0 Å². The van der Waals surface area contributed by atoms with Crippen LogP contribution in [0.2, 0.25) is 10.0 Å². The van der Waals surface area contributed by atoms with Crippen LogP contribution in [0.1, 0.15) is 10.4 Å². The highest BCUT2D eigenvalue weighted by molar-refractivity contribution is 7.99. The van der Waals surface area contributed by atoms with Crippen LogP contribution >= 0.6 is 35.0 Å². The van der Waals surface area contributed by atoms with Gasteiger partial charge < -0.3 is 9.80 Å². The van der Waals surface area contributed by atoms with Gasteiger partial charge in [0.1, 0.15) is 0 Å². The van der Waals surface area contributed by atoms with Crippen LogP contribution < -0.4 is 5.32 Å². The fourth-order valence-corrected chi connectivity index (χ4v) is 4.26. The molecule has 8 heteroatoms. The van der Waals surface area contributed by atoms with E-state index in [-0.39, 0.29) is 17.9 Å². The minimum atomic E-state index is -0.178. The third-order valence-corrected chi connectivity index (χ3v) is 5.64. The molecule has 0 radical (unpaired) electrons. The van der Waals surface area contributed by atoms with Gasteiger partial charge in [0.25, 0.3) is 5.91 Å². The first kappa shape index (κ1) is 16.9. The van der Waals surface area contributed by atoms with Crippen LogP contribution in [0.4, 0.5) is 0 Å². The number of halogens is 2. The number of nitrogens with zero attached hydrogens (tertiary/aromatic N) is 2. The topological polar surface area (TPSA) is 52.7 Å². The monoisotopic (exact) mass is 373 g/mol. The van der Waals surface area contributed by atoms with Crippen LogP contribution in [-0.2, 0) is 4.79 Å². The Kier molecular flexibility index (Phi) is 5.36. The van der Waals surface area contributed by atoms with Crippen molar-refractivity contribution in [1.29, 1.82) is 0 Å². The number of hydrogen-bond acceptors (Lipinski definition) is 4. The third kappa shape index (κ3) is 3.60. The highest BCUT2D eigenvalue weighted by Gasteiger charge is 2.31. The van der Waals surface area contributed by atoms with E-state index < -0.39 is 0 Å². The fourth-order valence-electron chi connectivity index (χ4n) is 2.76. The maximum absolute atomic E-state index is 12.6. The van der Waals surface area contributed by atoms with Crippen molar-refractivity contribution in [2.75, 3.05) is 37.8 Å². The number of piperazine rings is 1. The molecule has 0 saturated carbocycles. The number of carbonyl (C=O) groups excluding carboxylic acids is 2. The number of thioether (sulfide) groups is 1. The summed E-state index contributed by atoms with van der Waals surface area (Å²) in [6.07, 6.45) is 0. The fraction of sp³-hybridized carbons (Fsp3) is 0.467. The number of amides is 2. The number of rotatable bonds is 2. The van der Waals surface area contributed by atoms with Crippen molar-refractivity contribution in [3.05, 3.63) is 33.8 Å². The van der Waals surface area contributed by atoms with Crippen molar-refractivity contribution in [2.45, 2.75) is 6.04 Å². The number of benzene rings is 1. The highest BCUT2D eigenvalue weighted by Crippen LogP contribution is 2.26. The molecular weight excluding hydrogens is 357 g/mol. The number of carbonyl (C=O) groups is 2. The maximum Gasteiger partial charge on any atom is 0.257 e. The summed E-state index contributed by atoms with van der Waals surface area (Å²) in [5.74, 6) is 1.58. The molecule has 2 aliphatic rings. The summed E-state index contributed by atoms with van der Waals surface area (Å²) in [6.45, 7) is 2.06. The molecule has 5 nitrogen and oxygen atoms in total. The van der Waals surface area contributed by atoms with Gasteiger partial charge in [0.05, 0.1) is 21.7 Å². The molecule has 0 aromatic heterocycles. The lowest BCUT2D eigenvalue weighted by molar-refractivity contribution is -0.134. The van der Waals surface area contributed by atoms with Crippen molar-refractivity contribution in [2.24, 2.45) is 0 Å². The molecule has 23 heavy (non-hydrogen) atoms. The van der Waals surface area contributed by atoms with E-state index in [1.165, 1.54) is 0 Å². The van der Waals surface area contributed by atoms with Gasteiger partial charge >= 0.3 is 0 Å². The molecule has 2 fully saturated rings. The maximum atomic E-state index is 12.6. The second-order valence-electron chi connectivity index (χ2n) is 5.49. The minimum Gasteiger partial charge on any atom is -0.338 e. The summed E-state index contributed by atoms with van der Waals surface area (Å²) in [6, 6.07) is 4.93. The lowest BCUT2D eigenvalue weighted by atomic mass is 10.1. The van der Waals surface area contributed by atoms with Gasteiger partial charge in [-0.25, -0.2) is 0 Å². The second-order valence-corrected chi connectivity index (χ2v) is 7.33. The van der Waals surface area contributed by atoms with Gasteiger partial charge in [-0.2, -0.15) is 0 Å². The van der Waals surface area contributed by atoms with E-state index in [1.54, 1.807) is 34.9 Å². The Labute approximate surface area is 149 Å². The summed E-state index contributed by atoms with van der Waals surface area (Å²) in [5.41, 5.74) is 0.337. The van der Waals surface area contributed by atoms with Crippen LogP contribution in [0.25, 0.3) is 0 Å². The molecule has 2 heterocycles. The first-order valence-electron chi connectivity index (χ1n) is 7.41. The summed E-state index contributed by atoms with van der Waals surface area (Å²) in [4.78, 5) is 28.5. The summed E-state index contributed by atoms with van der Waals surface area (Å²) in [5, 5.41) is 3.89. The number of hydrogen-bond donors (Lipinski definition) is 1. The smallest absolute Gasteiger partial charge is 0.257 e. The van der Waals surface area contributed by atoms with Crippen molar-refractivity contribution >= 4 is 46.8 Å². The van der Waals surface area contributed by atoms with Crippen molar-refractivity contribution in [1.82, 2.24) is 15.1 Å². The van der Waals surface area contributed by atoms with Gasteiger partial charge in [-0.1, -0.05) is 29.3 Å². The van der Waals surface area contributed by atoms with E-state index >= 15 is 0 Å². The van der Waals surface area contributed by atoms with Crippen molar-refractivity contribution < 1.29 is 9.59 Å². The van der Waals surface area contributed by atoms with Crippen LogP contribution in [0, 0.1) is 0 Å². The first-order chi connectivity index (χ1) is 11.1. The summed E-state index contributed by atoms with van der Waals surface area (Å²) < 4.78 is 0. The molecule has 0 bridgehead atoms. The zero-order valence-corrected chi connectivity index (χ0v) is 14.8. The molecule has 0 spiro atoms. The van der Waals surface area contributed by atoms with E-state index in [0.717, 1.165) is 11.6 Å². The van der Waals surface area contributed by atoms with Crippen LogP contribution in [-0.4, -0.2) is 65.5 Å². The SMILES string of the molecule is O=C(c1c(Cl)cccc1Cl)N1CCN(C(=O)C2CSCN2)CC1. The second kappa shape index (κ2) is 7.30. The average molecular weight is 374 g/mol. The Bertz CT molecular complexity index is 594. The zero-order valence-electron chi connectivity index (χ0n) is 12.4. The predicted molar refractivity (Wildman–Crippen MR) is 93.2 cm³/mol. The van der Waals surface area contributed by atoms with Gasteiger partial charge in [-0.3, -0.25) is 14.9 Å². The van der Waals surface area contributed by atoms with E-state index in [0.29, 0.717) is 41.8 Å². The Morgan fingerprint density at radius 1 is 1.09 bits per heavy atom. The van der Waals surface area contributed by atoms with Crippen molar-refractivity contribution in [3.63, 3.8) is 0 Å². The van der Waals surface area contributed by atoms with Gasteiger partial charge in [0, 0.05) is 37.8 Å². The first-order valence-corrected chi connectivity index (χ1v) is 9.32. The number of nitrogens with one attached hydrogen (secondary N) is 1. The Balaban J connectivity index is 1.62. The Hall–Kier alpha value is -0.950. The molecule has 1 aromatic carbocycles. The van der Waals surface area contributed by atoms with Crippen LogP contribution in [0.15, 0.2) is 18.2 Å². The van der Waals surface area contributed by atoms with Gasteiger partial charge in [0.15, 0.2) is 0 Å². The molecule has 1 aromatic rings. The molecule has 2 aliphatic heterocycles. The molecular formula is C15H17Cl2N3O2S. The molecule has 2 saturated heterocycles. The van der Waals surface area contributed by atoms with Gasteiger partial charge in [-0.15, -0.1) is 11.8 Å². The van der Waals surface area contributed by atoms with Gasteiger partial charge in [0.2, 0.25) is 5.91 Å². The van der Waals surface area contributed by atoms with Crippen LogP contribution in [0.3, 0.4) is 0 Å². The van der Waals surface area contributed by atoms with Gasteiger partial charge in [-0.05, 0) is 12.1 Å². The molecule has 1 unspecified atom stereocenters. The normalized spacial score (nSPS) is 21.6. The van der Waals surface area contributed by atoms with Crippen molar-refractivity contribution in [3.8, 4) is 0 Å². The molecule has 1 N–H and O–H groups in total. The average Bonchev–Trinajstić information content (AvgIpc) is 3.08. The highest BCUT2D eigenvalue weighted by atomic mass is 35.5. The molecule has 0 aliphatic carbocycles. The molecule has 3 rings (SSSR count). The molecule has 2 amide bonds. The molecule has 1 atom stereocenters. The van der Waals surface area contributed by atoms with E-state index in [2.05, 4.69) is 5.32 Å². The lowest BCUT2D eigenvalue weighted by Gasteiger charge is -2.36. The van der Waals surface area contributed by atoms with E-state index in [1.807, 2.05) is 4.90 Å². The predicted octanol–water partition coefficient (Wildman–Crippen LogP) is 1.94. The van der Waals surface area contributed by atoms with E-state index in [4.69, 9.17) is 23.2 Å².